The summed E-state index contributed by atoms with van der Waals surface area (Å²) in [4.78, 5) is 11.7. The molecule has 1 aromatic rings. The minimum Gasteiger partial charge on any atom is -0.349 e. The Hall–Kier alpha value is -1.19. The lowest BCUT2D eigenvalue weighted by Crippen LogP contribution is -2.41. The van der Waals surface area contributed by atoms with E-state index < -0.39 is 5.79 Å². The highest BCUT2D eigenvalue weighted by atomic mass is 16.7. The summed E-state index contributed by atoms with van der Waals surface area (Å²) in [6, 6.07) is 4.17. The number of rotatable bonds is 4. The van der Waals surface area contributed by atoms with Crippen molar-refractivity contribution in [3.8, 4) is 0 Å². The molecule has 0 aliphatic heterocycles. The second kappa shape index (κ2) is 5.71. The smallest absolute Gasteiger partial charge is 0.191 e. The first-order valence-electron chi connectivity index (χ1n) is 8.28. The molecule has 0 saturated carbocycles. The summed E-state index contributed by atoms with van der Waals surface area (Å²) >= 11 is 0. The first-order valence-corrected chi connectivity index (χ1v) is 8.28. The minimum absolute atomic E-state index is 0.0394. The molecule has 2 rings (SSSR count). The lowest BCUT2D eigenvalue weighted by molar-refractivity contribution is -0.202. The van der Waals surface area contributed by atoms with Gasteiger partial charge in [-0.2, -0.15) is 0 Å². The Bertz CT molecular complexity index is 610. The molecule has 3 heteroatoms. The maximum Gasteiger partial charge on any atom is 0.191 e. The molecule has 0 heterocycles. The molecule has 0 aromatic heterocycles. The van der Waals surface area contributed by atoms with Gasteiger partial charge in [0.2, 0.25) is 0 Å². The summed E-state index contributed by atoms with van der Waals surface area (Å²) in [6.45, 7) is 13.2. The molecule has 0 fully saturated rings. The highest BCUT2D eigenvalue weighted by Gasteiger charge is 2.43. The fourth-order valence-electron chi connectivity index (χ4n) is 3.90. The molecule has 1 aliphatic carbocycles. The van der Waals surface area contributed by atoms with Gasteiger partial charge in [-0.25, -0.2) is 0 Å². The fraction of sp³-hybridized carbons (Fsp3) is 0.650. The van der Waals surface area contributed by atoms with Crippen LogP contribution in [0.4, 0.5) is 0 Å². The number of ether oxygens (including phenoxy) is 2. The van der Waals surface area contributed by atoms with Crippen LogP contribution in [-0.4, -0.2) is 20.5 Å². The number of benzene rings is 1. The van der Waals surface area contributed by atoms with Crippen LogP contribution in [-0.2, 0) is 26.1 Å². The Morgan fingerprint density at radius 3 is 2.17 bits per heavy atom. The van der Waals surface area contributed by atoms with Crippen molar-refractivity contribution in [1.29, 1.82) is 0 Å². The molecule has 3 nitrogen and oxygen atoms in total. The van der Waals surface area contributed by atoms with E-state index in [0.717, 1.165) is 18.3 Å². The molecular formula is C20H30O3. The van der Waals surface area contributed by atoms with E-state index in [0.29, 0.717) is 11.5 Å². The second-order valence-electron chi connectivity index (χ2n) is 8.17. The topological polar surface area (TPSA) is 35.5 Å². The Labute approximate surface area is 140 Å². The number of carbonyl (C=O) groups is 1. The average molecular weight is 318 g/mol. The molecule has 0 radical (unpaired) electrons. The van der Waals surface area contributed by atoms with Crippen molar-refractivity contribution < 1.29 is 14.3 Å². The van der Waals surface area contributed by atoms with Gasteiger partial charge in [-0.05, 0) is 53.4 Å². The third kappa shape index (κ3) is 2.74. The zero-order valence-corrected chi connectivity index (χ0v) is 15.7. The largest absolute Gasteiger partial charge is 0.349 e. The fourth-order valence-corrected chi connectivity index (χ4v) is 3.90. The van der Waals surface area contributed by atoms with Gasteiger partial charge in [-0.1, -0.05) is 34.6 Å². The normalized spacial score (nSPS) is 22.5. The molecule has 1 aliphatic rings. The van der Waals surface area contributed by atoms with E-state index >= 15 is 0 Å². The molecule has 128 valence electrons. The van der Waals surface area contributed by atoms with Crippen LogP contribution in [0.3, 0.4) is 0 Å². The van der Waals surface area contributed by atoms with E-state index in [2.05, 4.69) is 40.7 Å². The van der Waals surface area contributed by atoms with E-state index in [9.17, 15) is 4.79 Å². The Kier molecular flexibility index (Phi) is 4.51. The number of carbonyl (C=O) groups excluding carboxylic acids is 1. The Morgan fingerprint density at radius 2 is 1.70 bits per heavy atom. The maximum atomic E-state index is 11.7. The van der Waals surface area contributed by atoms with Crippen molar-refractivity contribution in [2.45, 2.75) is 64.6 Å². The van der Waals surface area contributed by atoms with Crippen molar-refractivity contribution in [2.24, 2.45) is 5.92 Å². The van der Waals surface area contributed by atoms with Gasteiger partial charge in [0.1, 0.15) is 0 Å². The van der Waals surface area contributed by atoms with E-state index in [1.807, 2.05) is 13.0 Å². The Morgan fingerprint density at radius 1 is 1.13 bits per heavy atom. The molecule has 23 heavy (non-hydrogen) atoms. The van der Waals surface area contributed by atoms with Crippen LogP contribution in [0.25, 0.3) is 0 Å². The van der Waals surface area contributed by atoms with Crippen LogP contribution in [0, 0.1) is 5.92 Å². The predicted molar refractivity (Wildman–Crippen MR) is 93.0 cm³/mol. The monoisotopic (exact) mass is 318 g/mol. The number of aldehydes is 1. The number of hydrogen-bond donors (Lipinski definition) is 0. The van der Waals surface area contributed by atoms with Crippen LogP contribution in [0.5, 0.6) is 0 Å². The zero-order valence-electron chi connectivity index (χ0n) is 15.7. The van der Waals surface area contributed by atoms with Gasteiger partial charge in [0.15, 0.2) is 12.1 Å². The highest BCUT2D eigenvalue weighted by Crippen LogP contribution is 2.50. The van der Waals surface area contributed by atoms with Crippen LogP contribution in [0.2, 0.25) is 0 Å². The van der Waals surface area contributed by atoms with Crippen molar-refractivity contribution in [1.82, 2.24) is 0 Å². The first kappa shape index (κ1) is 18.2. The first-order chi connectivity index (χ1) is 10.5. The van der Waals surface area contributed by atoms with Crippen molar-refractivity contribution in [3.63, 3.8) is 0 Å². The number of fused-ring (bicyclic) bond motifs is 1. The van der Waals surface area contributed by atoms with E-state index in [-0.39, 0.29) is 10.8 Å². The predicted octanol–water partition coefficient (Wildman–Crippen LogP) is 4.56. The highest BCUT2D eigenvalue weighted by molar-refractivity contribution is 5.79. The van der Waals surface area contributed by atoms with Gasteiger partial charge in [0.25, 0.3) is 0 Å². The zero-order chi connectivity index (χ0) is 17.6. The summed E-state index contributed by atoms with van der Waals surface area (Å²) < 4.78 is 11.1. The summed E-state index contributed by atoms with van der Waals surface area (Å²) in [6.07, 6.45) is 2.03. The molecule has 0 amide bonds. The van der Waals surface area contributed by atoms with Gasteiger partial charge < -0.3 is 9.47 Å². The summed E-state index contributed by atoms with van der Waals surface area (Å²) in [7, 11) is 3.21. The third-order valence-corrected chi connectivity index (χ3v) is 6.06. The van der Waals surface area contributed by atoms with Crippen molar-refractivity contribution >= 4 is 6.29 Å². The van der Waals surface area contributed by atoms with E-state index in [1.165, 1.54) is 11.1 Å². The quantitative estimate of drug-likeness (QED) is 0.603. The second-order valence-corrected chi connectivity index (χ2v) is 8.17. The summed E-state index contributed by atoms with van der Waals surface area (Å²) in [5.74, 6) is -0.374. The van der Waals surface area contributed by atoms with Crippen LogP contribution in [0.15, 0.2) is 12.1 Å². The number of methoxy groups -OCH3 is 2. The molecule has 0 N–H and O–H groups in total. The third-order valence-electron chi connectivity index (χ3n) is 6.06. The molecule has 1 atom stereocenters. The van der Waals surface area contributed by atoms with E-state index in [4.69, 9.17) is 9.47 Å². The lowest BCUT2D eigenvalue weighted by Gasteiger charge is -2.47. The van der Waals surface area contributed by atoms with Gasteiger partial charge in [-0.3, -0.25) is 4.79 Å². The van der Waals surface area contributed by atoms with E-state index in [1.54, 1.807) is 14.2 Å². The lowest BCUT2D eigenvalue weighted by atomic mass is 9.57. The van der Waals surface area contributed by atoms with Crippen molar-refractivity contribution in [2.75, 3.05) is 14.2 Å². The minimum atomic E-state index is -0.922. The average Bonchev–Trinajstić information content (AvgIpc) is 2.51. The number of hydrogen-bond acceptors (Lipinski definition) is 3. The van der Waals surface area contributed by atoms with Gasteiger partial charge in [0, 0.05) is 25.3 Å². The maximum absolute atomic E-state index is 11.7. The molecule has 0 saturated heterocycles. The Balaban J connectivity index is 2.80. The SMILES string of the molecule is COC(C)(OC)c1cc2c(cc1C=O)C(C)(C)C(C)CC2(C)C. The molecule has 1 aromatic carbocycles. The molecule has 1 unspecified atom stereocenters. The molecular weight excluding hydrogens is 288 g/mol. The van der Waals surface area contributed by atoms with Gasteiger partial charge in [0.05, 0.1) is 0 Å². The van der Waals surface area contributed by atoms with Crippen molar-refractivity contribution in [3.05, 3.63) is 34.4 Å². The summed E-state index contributed by atoms with van der Waals surface area (Å²) in [5, 5.41) is 0. The summed E-state index contributed by atoms with van der Waals surface area (Å²) in [5.41, 5.74) is 4.10. The van der Waals surface area contributed by atoms with Gasteiger partial charge in [-0.15, -0.1) is 0 Å². The molecule has 0 spiro atoms. The van der Waals surface area contributed by atoms with Crippen LogP contribution >= 0.6 is 0 Å². The standard InChI is InChI=1S/C20H30O3/c1-13-11-18(2,3)16-10-15(20(6,22-7)23-8)14(12-21)9-17(16)19(13,4)5/h9-10,12-13H,11H2,1-8H3. The van der Waals surface area contributed by atoms with Crippen LogP contribution < -0.4 is 0 Å². The molecule has 0 bridgehead atoms. The van der Waals surface area contributed by atoms with Gasteiger partial charge >= 0.3 is 0 Å². The van der Waals surface area contributed by atoms with Crippen LogP contribution in [0.1, 0.15) is 75.0 Å².